The predicted molar refractivity (Wildman–Crippen MR) is 66.0 cm³/mol. The summed E-state index contributed by atoms with van der Waals surface area (Å²) in [6.07, 6.45) is 4.77. The number of benzene rings is 1. The lowest BCUT2D eigenvalue weighted by Gasteiger charge is -2.30. The maximum absolute atomic E-state index is 3.86. The fourth-order valence-electron chi connectivity index (χ4n) is 2.07. The molecule has 0 bridgehead atoms. The molecule has 1 heterocycles. The minimum absolute atomic E-state index is 0.950. The lowest BCUT2D eigenvalue weighted by molar-refractivity contribution is 1.01. The van der Waals surface area contributed by atoms with E-state index in [1.54, 1.807) is 0 Å². The number of anilines is 1. The zero-order valence-corrected chi connectivity index (χ0v) is 9.03. The summed E-state index contributed by atoms with van der Waals surface area (Å²) in [6, 6.07) is 8.44. The van der Waals surface area contributed by atoms with Gasteiger partial charge in [-0.15, -0.1) is 0 Å². The molecule has 1 aromatic carbocycles. The van der Waals surface area contributed by atoms with Crippen LogP contribution in [0.25, 0.3) is 0 Å². The molecule has 0 aliphatic carbocycles. The van der Waals surface area contributed by atoms with E-state index in [1.807, 2.05) is 12.2 Å². The number of allylic oxidation sites excluding steroid dienone is 3. The molecule has 2 rings (SSSR count). The Labute approximate surface area is 91.0 Å². The van der Waals surface area contributed by atoms with Gasteiger partial charge in [0.2, 0.25) is 0 Å². The molecule has 0 unspecified atom stereocenters. The molecule has 0 aromatic heterocycles. The molecule has 76 valence electrons. The monoisotopic (exact) mass is 197 g/mol. The Bertz CT molecular complexity index is 440. The van der Waals surface area contributed by atoms with E-state index in [9.17, 15) is 0 Å². The molecule has 0 saturated heterocycles. The van der Waals surface area contributed by atoms with Gasteiger partial charge in [0.25, 0.3) is 0 Å². The van der Waals surface area contributed by atoms with E-state index in [1.165, 1.54) is 16.8 Å². The number of fused-ring (bicyclic) bond motifs is 1. The maximum atomic E-state index is 3.86. The molecule has 1 nitrogen and oxygen atoms in total. The third-order valence-electron chi connectivity index (χ3n) is 2.86. The number of para-hydroxylation sites is 1. The summed E-state index contributed by atoms with van der Waals surface area (Å²) in [5, 5.41) is 0. The maximum Gasteiger partial charge on any atom is 0.0444 e. The topological polar surface area (TPSA) is 3.24 Å². The lowest BCUT2D eigenvalue weighted by atomic mass is 9.96. The summed E-state index contributed by atoms with van der Waals surface area (Å²) in [4.78, 5) is 2.17. The SMILES string of the molecule is C=CC1=C(C=C)N(C)c2ccccc2C1. The fourth-order valence-corrected chi connectivity index (χ4v) is 2.07. The Hall–Kier alpha value is -1.76. The Morgan fingerprint density at radius 1 is 1.20 bits per heavy atom. The molecule has 1 aliphatic heterocycles. The van der Waals surface area contributed by atoms with Crippen LogP contribution < -0.4 is 4.90 Å². The van der Waals surface area contributed by atoms with E-state index < -0.39 is 0 Å². The van der Waals surface area contributed by atoms with Crippen LogP contribution in [0.5, 0.6) is 0 Å². The Balaban J connectivity index is 2.56. The number of hydrogen-bond donors (Lipinski definition) is 0. The zero-order chi connectivity index (χ0) is 10.8. The smallest absolute Gasteiger partial charge is 0.0444 e. The standard InChI is InChI=1S/C14H15N/c1-4-11-10-12-8-6-7-9-14(12)15(3)13(11)5-2/h4-9H,1-2,10H2,3H3. The molecule has 0 amide bonds. The summed E-state index contributed by atoms with van der Waals surface area (Å²) in [7, 11) is 2.07. The second-order valence-electron chi connectivity index (χ2n) is 3.68. The van der Waals surface area contributed by atoms with Crippen LogP contribution in [0.3, 0.4) is 0 Å². The number of nitrogens with zero attached hydrogens (tertiary/aromatic N) is 1. The van der Waals surface area contributed by atoms with Crippen LogP contribution in [0.1, 0.15) is 5.56 Å². The highest BCUT2D eigenvalue weighted by atomic mass is 15.1. The van der Waals surface area contributed by atoms with E-state index in [2.05, 4.69) is 49.4 Å². The summed E-state index contributed by atoms with van der Waals surface area (Å²) in [5.41, 5.74) is 5.01. The van der Waals surface area contributed by atoms with Crippen molar-refractivity contribution in [3.63, 3.8) is 0 Å². The quantitative estimate of drug-likeness (QED) is 0.703. The normalized spacial score (nSPS) is 14.9. The molecule has 0 N–H and O–H groups in total. The van der Waals surface area contributed by atoms with Crippen LogP contribution in [0, 0.1) is 0 Å². The van der Waals surface area contributed by atoms with Gasteiger partial charge in [0.05, 0.1) is 0 Å². The van der Waals surface area contributed by atoms with Crippen LogP contribution in [0.4, 0.5) is 5.69 Å². The zero-order valence-electron chi connectivity index (χ0n) is 9.03. The van der Waals surface area contributed by atoms with Crippen molar-refractivity contribution in [1.82, 2.24) is 0 Å². The van der Waals surface area contributed by atoms with E-state index >= 15 is 0 Å². The minimum atomic E-state index is 0.950. The van der Waals surface area contributed by atoms with Crippen molar-refractivity contribution in [2.75, 3.05) is 11.9 Å². The number of likely N-dealkylation sites (N-methyl/N-ethyl adjacent to an activating group) is 1. The first kappa shape index (κ1) is 9.78. The van der Waals surface area contributed by atoms with Crippen molar-refractivity contribution in [1.29, 1.82) is 0 Å². The van der Waals surface area contributed by atoms with Crippen molar-refractivity contribution in [3.05, 3.63) is 66.4 Å². The van der Waals surface area contributed by atoms with Gasteiger partial charge in [-0.1, -0.05) is 37.4 Å². The molecule has 0 atom stereocenters. The summed E-state index contributed by atoms with van der Waals surface area (Å²) < 4.78 is 0. The summed E-state index contributed by atoms with van der Waals surface area (Å²) in [5.74, 6) is 0. The van der Waals surface area contributed by atoms with Gasteiger partial charge in [-0.2, -0.15) is 0 Å². The molecule has 15 heavy (non-hydrogen) atoms. The fraction of sp³-hybridized carbons (Fsp3) is 0.143. The highest BCUT2D eigenvalue weighted by Gasteiger charge is 2.18. The number of hydrogen-bond acceptors (Lipinski definition) is 1. The Morgan fingerprint density at radius 3 is 2.60 bits per heavy atom. The molecule has 1 aromatic rings. The van der Waals surface area contributed by atoms with Crippen LogP contribution in [0.2, 0.25) is 0 Å². The summed E-state index contributed by atoms with van der Waals surface area (Å²) >= 11 is 0. The van der Waals surface area contributed by atoms with Gasteiger partial charge in [-0.05, 0) is 23.3 Å². The van der Waals surface area contributed by atoms with E-state index in [4.69, 9.17) is 0 Å². The molecular formula is C14H15N. The van der Waals surface area contributed by atoms with Crippen LogP contribution in [0.15, 0.2) is 60.8 Å². The van der Waals surface area contributed by atoms with Crippen LogP contribution in [-0.4, -0.2) is 7.05 Å². The van der Waals surface area contributed by atoms with Crippen molar-refractivity contribution in [2.24, 2.45) is 0 Å². The lowest BCUT2D eigenvalue weighted by Crippen LogP contribution is -2.22. The second kappa shape index (κ2) is 3.77. The van der Waals surface area contributed by atoms with Gasteiger partial charge in [0, 0.05) is 24.9 Å². The molecule has 0 radical (unpaired) electrons. The first-order chi connectivity index (χ1) is 7.27. The molecular weight excluding hydrogens is 182 g/mol. The first-order valence-electron chi connectivity index (χ1n) is 5.07. The van der Waals surface area contributed by atoms with Gasteiger partial charge in [-0.3, -0.25) is 0 Å². The Kier molecular flexibility index (Phi) is 2.46. The highest BCUT2D eigenvalue weighted by Crippen LogP contribution is 2.32. The molecule has 0 spiro atoms. The average molecular weight is 197 g/mol. The average Bonchev–Trinajstić information content (AvgIpc) is 2.29. The van der Waals surface area contributed by atoms with Crippen molar-refractivity contribution in [2.45, 2.75) is 6.42 Å². The van der Waals surface area contributed by atoms with E-state index in [0.29, 0.717) is 0 Å². The third kappa shape index (κ3) is 1.50. The van der Waals surface area contributed by atoms with Gasteiger partial charge in [-0.25, -0.2) is 0 Å². The van der Waals surface area contributed by atoms with Gasteiger partial charge in [0.15, 0.2) is 0 Å². The van der Waals surface area contributed by atoms with Crippen molar-refractivity contribution in [3.8, 4) is 0 Å². The van der Waals surface area contributed by atoms with E-state index in [-0.39, 0.29) is 0 Å². The van der Waals surface area contributed by atoms with Crippen molar-refractivity contribution < 1.29 is 0 Å². The predicted octanol–water partition coefficient (Wildman–Crippen LogP) is 3.31. The van der Waals surface area contributed by atoms with Gasteiger partial charge >= 0.3 is 0 Å². The first-order valence-corrected chi connectivity index (χ1v) is 5.07. The van der Waals surface area contributed by atoms with Gasteiger partial charge in [0.1, 0.15) is 0 Å². The van der Waals surface area contributed by atoms with Crippen LogP contribution >= 0.6 is 0 Å². The highest BCUT2D eigenvalue weighted by molar-refractivity contribution is 5.65. The second-order valence-corrected chi connectivity index (χ2v) is 3.68. The van der Waals surface area contributed by atoms with Gasteiger partial charge < -0.3 is 4.90 Å². The molecule has 1 aliphatic rings. The largest absolute Gasteiger partial charge is 0.344 e. The number of rotatable bonds is 2. The van der Waals surface area contributed by atoms with E-state index in [0.717, 1.165) is 12.1 Å². The minimum Gasteiger partial charge on any atom is -0.344 e. The van der Waals surface area contributed by atoms with Crippen LogP contribution in [-0.2, 0) is 6.42 Å². The Morgan fingerprint density at radius 2 is 1.93 bits per heavy atom. The molecule has 0 fully saturated rings. The van der Waals surface area contributed by atoms with Crippen molar-refractivity contribution >= 4 is 5.69 Å². The third-order valence-corrected chi connectivity index (χ3v) is 2.86. The summed E-state index contributed by atoms with van der Waals surface area (Å²) in [6.45, 7) is 7.72. The molecule has 1 heteroatoms. The molecule has 0 saturated carbocycles.